The Bertz CT molecular complexity index is 111. The average molecular weight is 138 g/mol. The monoisotopic (exact) mass is 138 g/mol. The summed E-state index contributed by atoms with van der Waals surface area (Å²) < 4.78 is 0. The molecule has 0 bridgehead atoms. The Labute approximate surface area is 75.7 Å². The number of carboxylic acids is 1. The molecular formula is C5H7NaO3. The maximum absolute atomic E-state index is 10.2. The Morgan fingerprint density at radius 1 is 1.44 bits per heavy atom. The van der Waals surface area contributed by atoms with Gasteiger partial charge in [0, 0.05) is 18.8 Å². The van der Waals surface area contributed by atoms with E-state index in [1.165, 1.54) is 0 Å². The molecule has 0 aromatic heterocycles. The summed E-state index contributed by atoms with van der Waals surface area (Å²) in [7, 11) is 0. The van der Waals surface area contributed by atoms with Gasteiger partial charge in [-0.25, -0.2) is 0 Å². The number of hydrogen-bond donors (Lipinski definition) is 0. The van der Waals surface area contributed by atoms with Crippen LogP contribution in [-0.4, -0.2) is 11.8 Å². The second-order valence-electron chi connectivity index (χ2n) is 1.44. The number of carbonyl (C=O) groups is 2. The van der Waals surface area contributed by atoms with Gasteiger partial charge in [-0.15, -0.1) is 0 Å². The van der Waals surface area contributed by atoms with E-state index in [0.717, 1.165) is 0 Å². The molecular weight excluding hydrogens is 131 g/mol. The molecule has 0 aliphatic rings. The van der Waals surface area contributed by atoms with Gasteiger partial charge in [0.25, 0.3) is 0 Å². The third-order valence-electron chi connectivity index (χ3n) is 0.736. The predicted octanol–water partition coefficient (Wildman–Crippen LogP) is -3.89. The van der Waals surface area contributed by atoms with Crippen LogP contribution >= 0.6 is 0 Å². The van der Waals surface area contributed by atoms with Gasteiger partial charge in [0.15, 0.2) is 0 Å². The quantitative estimate of drug-likeness (QED) is 0.296. The van der Waals surface area contributed by atoms with Crippen LogP contribution in [0.3, 0.4) is 0 Å². The average Bonchev–Trinajstić information content (AvgIpc) is 1.65. The number of hydrogen-bond acceptors (Lipinski definition) is 3. The molecule has 0 saturated heterocycles. The molecule has 0 atom stereocenters. The molecule has 0 radical (unpaired) electrons. The van der Waals surface area contributed by atoms with E-state index in [1.807, 2.05) is 0 Å². The molecule has 0 saturated carbocycles. The SMILES string of the molecule is CCC(=O)CC(=O)[O-].[Na+]. The van der Waals surface area contributed by atoms with Gasteiger partial charge in [-0.3, -0.25) is 4.79 Å². The maximum atomic E-state index is 10.2. The summed E-state index contributed by atoms with van der Waals surface area (Å²) >= 11 is 0. The van der Waals surface area contributed by atoms with Crippen LogP contribution in [0.1, 0.15) is 19.8 Å². The van der Waals surface area contributed by atoms with Crippen molar-refractivity contribution in [1.82, 2.24) is 0 Å². The predicted molar refractivity (Wildman–Crippen MR) is 24.9 cm³/mol. The molecule has 0 rings (SSSR count). The fraction of sp³-hybridized carbons (Fsp3) is 0.600. The third kappa shape index (κ3) is 8.14. The number of carbonyl (C=O) groups excluding carboxylic acids is 2. The molecule has 0 aliphatic carbocycles. The van der Waals surface area contributed by atoms with Crippen molar-refractivity contribution in [2.24, 2.45) is 0 Å². The first kappa shape index (κ1) is 11.9. The zero-order chi connectivity index (χ0) is 6.57. The van der Waals surface area contributed by atoms with Gasteiger partial charge >= 0.3 is 29.6 Å². The summed E-state index contributed by atoms with van der Waals surface area (Å²) in [4.78, 5) is 19.8. The first-order chi connectivity index (χ1) is 3.66. The summed E-state index contributed by atoms with van der Waals surface area (Å²) in [5.41, 5.74) is 0. The molecule has 0 N–H and O–H groups in total. The first-order valence-corrected chi connectivity index (χ1v) is 2.38. The van der Waals surface area contributed by atoms with Crippen LogP contribution in [0.5, 0.6) is 0 Å². The first-order valence-electron chi connectivity index (χ1n) is 2.38. The van der Waals surface area contributed by atoms with Crippen molar-refractivity contribution in [3.63, 3.8) is 0 Å². The van der Waals surface area contributed by atoms with Gasteiger partial charge in [-0.2, -0.15) is 0 Å². The van der Waals surface area contributed by atoms with Gasteiger partial charge in [0.05, 0.1) is 0 Å². The Hall–Kier alpha value is 0.140. The van der Waals surface area contributed by atoms with Crippen LogP contribution < -0.4 is 34.7 Å². The minimum atomic E-state index is -1.29. The van der Waals surface area contributed by atoms with Crippen molar-refractivity contribution in [1.29, 1.82) is 0 Å². The van der Waals surface area contributed by atoms with Gasteiger partial charge in [0.2, 0.25) is 0 Å². The van der Waals surface area contributed by atoms with Crippen molar-refractivity contribution >= 4 is 11.8 Å². The van der Waals surface area contributed by atoms with Crippen molar-refractivity contribution in [2.75, 3.05) is 0 Å². The van der Waals surface area contributed by atoms with Gasteiger partial charge in [0.1, 0.15) is 5.78 Å². The number of carboxylic acid groups (broad SMARTS) is 1. The molecule has 0 aromatic carbocycles. The molecule has 0 aliphatic heterocycles. The van der Waals surface area contributed by atoms with E-state index in [9.17, 15) is 14.7 Å². The van der Waals surface area contributed by atoms with E-state index in [-0.39, 0.29) is 41.8 Å². The normalized spacial score (nSPS) is 7.67. The van der Waals surface area contributed by atoms with Gasteiger partial charge < -0.3 is 9.90 Å². The van der Waals surface area contributed by atoms with E-state index in [2.05, 4.69) is 0 Å². The Morgan fingerprint density at radius 3 is 2.00 bits per heavy atom. The molecule has 0 heterocycles. The summed E-state index contributed by atoms with van der Waals surface area (Å²) in [5.74, 6) is -1.58. The fourth-order valence-corrected chi connectivity index (χ4v) is 0.286. The van der Waals surface area contributed by atoms with Crippen molar-refractivity contribution in [2.45, 2.75) is 19.8 Å². The second kappa shape index (κ2) is 6.26. The molecule has 0 amide bonds. The van der Waals surface area contributed by atoms with Crippen LogP contribution in [0.15, 0.2) is 0 Å². The summed E-state index contributed by atoms with van der Waals surface area (Å²) in [6.45, 7) is 1.62. The molecule has 4 heteroatoms. The zero-order valence-electron chi connectivity index (χ0n) is 5.64. The summed E-state index contributed by atoms with van der Waals surface area (Å²) in [6, 6.07) is 0. The van der Waals surface area contributed by atoms with Crippen LogP contribution in [0, 0.1) is 0 Å². The largest absolute Gasteiger partial charge is 1.00 e. The minimum absolute atomic E-state index is 0. The Balaban J connectivity index is 0. The van der Waals surface area contributed by atoms with E-state index in [1.54, 1.807) is 6.92 Å². The molecule has 0 spiro atoms. The standard InChI is InChI=1S/C5H8O3.Na/c1-2-4(6)3-5(7)8;/h2-3H2,1H3,(H,7,8);/q;+1/p-1. The van der Waals surface area contributed by atoms with Crippen molar-refractivity contribution < 1.29 is 44.3 Å². The Kier molecular flexibility index (Phi) is 8.27. The Morgan fingerprint density at radius 2 is 1.89 bits per heavy atom. The van der Waals surface area contributed by atoms with Crippen LogP contribution in [0.4, 0.5) is 0 Å². The van der Waals surface area contributed by atoms with E-state index >= 15 is 0 Å². The maximum Gasteiger partial charge on any atom is 1.00 e. The summed E-state index contributed by atoms with van der Waals surface area (Å²) in [6.07, 6.45) is -0.176. The molecule has 3 nitrogen and oxygen atoms in total. The summed E-state index contributed by atoms with van der Waals surface area (Å²) in [5, 5.41) is 9.64. The van der Waals surface area contributed by atoms with Gasteiger partial charge in [-0.1, -0.05) is 6.92 Å². The van der Waals surface area contributed by atoms with Crippen LogP contribution in [0.2, 0.25) is 0 Å². The second-order valence-corrected chi connectivity index (χ2v) is 1.44. The van der Waals surface area contributed by atoms with Crippen molar-refractivity contribution in [3.8, 4) is 0 Å². The van der Waals surface area contributed by atoms with E-state index in [4.69, 9.17) is 0 Å². The zero-order valence-corrected chi connectivity index (χ0v) is 7.64. The molecule has 46 valence electrons. The smallest absolute Gasteiger partial charge is 0.550 e. The molecule has 0 unspecified atom stereocenters. The molecule has 9 heavy (non-hydrogen) atoms. The van der Waals surface area contributed by atoms with Gasteiger partial charge in [-0.05, 0) is 0 Å². The fourth-order valence-electron chi connectivity index (χ4n) is 0.286. The topological polar surface area (TPSA) is 57.2 Å². The number of Topliss-reactive ketones (excluding diaryl/α,β-unsaturated/α-hetero) is 1. The molecule has 0 aromatic rings. The number of rotatable bonds is 3. The number of ketones is 1. The van der Waals surface area contributed by atoms with Crippen molar-refractivity contribution in [3.05, 3.63) is 0 Å². The third-order valence-corrected chi connectivity index (χ3v) is 0.736. The van der Waals surface area contributed by atoms with Crippen LogP contribution in [0.25, 0.3) is 0 Å². The van der Waals surface area contributed by atoms with Crippen LogP contribution in [-0.2, 0) is 9.59 Å². The number of aliphatic carboxylic acids is 1. The molecule has 0 fully saturated rings. The van der Waals surface area contributed by atoms with E-state index in [0.29, 0.717) is 0 Å². The van der Waals surface area contributed by atoms with E-state index < -0.39 is 12.4 Å². The minimum Gasteiger partial charge on any atom is -0.550 e.